The zero-order valence-electron chi connectivity index (χ0n) is 15.9. The van der Waals surface area contributed by atoms with Crippen LogP contribution in [0.5, 0.6) is 0 Å². The second-order valence-electron chi connectivity index (χ2n) is 8.61. The van der Waals surface area contributed by atoms with Gasteiger partial charge >= 0.3 is 17.9 Å². The number of hydrogen-bond donors (Lipinski definition) is 0. The molecule has 0 aromatic heterocycles. The van der Waals surface area contributed by atoms with Crippen LogP contribution in [-0.4, -0.2) is 49.3 Å². The maximum atomic E-state index is 13.0. The Morgan fingerprint density at radius 3 is 2.45 bits per heavy atom. The molecule has 9 heteroatoms. The molecule has 1 heterocycles. The number of ether oxygens (including phenoxy) is 3. The van der Waals surface area contributed by atoms with Crippen molar-refractivity contribution >= 4 is 17.9 Å². The Morgan fingerprint density at radius 2 is 1.76 bits per heavy atom. The third kappa shape index (κ3) is 3.84. The smallest absolute Gasteiger partial charge is 0.310 e. The fourth-order valence-electron chi connectivity index (χ4n) is 5.49. The maximum Gasteiger partial charge on any atom is 0.310 e. The summed E-state index contributed by atoms with van der Waals surface area (Å²) >= 11 is 0. The Kier molecular flexibility index (Phi) is 5.75. The zero-order chi connectivity index (χ0) is 20.7. The quantitative estimate of drug-likeness (QED) is 0.467. The van der Waals surface area contributed by atoms with Gasteiger partial charge in [0, 0.05) is 18.3 Å². The van der Waals surface area contributed by atoms with Gasteiger partial charge in [-0.25, -0.2) is 13.2 Å². The van der Waals surface area contributed by atoms with Crippen LogP contribution in [0.1, 0.15) is 44.9 Å². The highest BCUT2D eigenvalue weighted by atomic mass is 19.3. The van der Waals surface area contributed by atoms with Gasteiger partial charge in [-0.2, -0.15) is 0 Å². The van der Waals surface area contributed by atoms with E-state index in [1.807, 2.05) is 0 Å². The van der Waals surface area contributed by atoms with E-state index in [0.717, 1.165) is 19.3 Å². The van der Waals surface area contributed by atoms with Crippen molar-refractivity contribution in [1.82, 2.24) is 0 Å². The molecule has 3 saturated carbocycles. The second-order valence-corrected chi connectivity index (χ2v) is 8.61. The van der Waals surface area contributed by atoms with Crippen LogP contribution in [-0.2, 0) is 28.6 Å². The number of esters is 3. The Balaban J connectivity index is 1.33. The average Bonchev–Trinajstić information content (AvgIpc) is 3.32. The van der Waals surface area contributed by atoms with Gasteiger partial charge in [-0.3, -0.25) is 14.4 Å². The second kappa shape index (κ2) is 8.14. The van der Waals surface area contributed by atoms with Crippen LogP contribution in [0.3, 0.4) is 0 Å². The first-order valence-electron chi connectivity index (χ1n) is 10.4. The molecule has 3 aliphatic carbocycles. The van der Waals surface area contributed by atoms with Crippen molar-refractivity contribution in [2.24, 2.45) is 29.6 Å². The van der Waals surface area contributed by atoms with E-state index in [0.29, 0.717) is 19.3 Å². The van der Waals surface area contributed by atoms with Crippen molar-refractivity contribution in [2.45, 2.75) is 69.8 Å². The fourth-order valence-corrected chi connectivity index (χ4v) is 5.49. The average molecular weight is 418 g/mol. The normalized spacial score (nSPS) is 38.8. The maximum absolute atomic E-state index is 13.0. The van der Waals surface area contributed by atoms with Gasteiger partial charge in [0.2, 0.25) is 0 Å². The molecule has 0 amide bonds. The van der Waals surface area contributed by atoms with E-state index in [2.05, 4.69) is 0 Å². The molecule has 4 fully saturated rings. The summed E-state index contributed by atoms with van der Waals surface area (Å²) in [6, 6.07) is 0. The standard InChI is InChI=1S/C20H25F3O6/c21-14(17(22)23)5-6-27-18(24)10-3-1-2-4-11(10)19(25)28-15-9-7-12-13(8-9)20(26)29-16(12)15/h9-17H,1-8H2. The predicted octanol–water partition coefficient (Wildman–Crippen LogP) is 2.82. The molecule has 8 atom stereocenters. The van der Waals surface area contributed by atoms with Gasteiger partial charge in [-0.05, 0) is 25.7 Å². The lowest BCUT2D eigenvalue weighted by Gasteiger charge is -2.31. The monoisotopic (exact) mass is 418 g/mol. The molecular weight excluding hydrogens is 393 g/mol. The Labute approximate surface area is 166 Å². The summed E-state index contributed by atoms with van der Waals surface area (Å²) in [5.74, 6) is -2.65. The number of halogens is 3. The molecule has 2 bridgehead atoms. The summed E-state index contributed by atoms with van der Waals surface area (Å²) in [6.07, 6.45) is -3.01. The molecule has 162 valence electrons. The van der Waals surface area contributed by atoms with Gasteiger partial charge in [0.25, 0.3) is 6.43 Å². The van der Waals surface area contributed by atoms with Crippen LogP contribution in [0.15, 0.2) is 0 Å². The summed E-state index contributed by atoms with van der Waals surface area (Å²) < 4.78 is 53.5. The largest absolute Gasteiger partial charge is 0.465 e. The Morgan fingerprint density at radius 1 is 1.07 bits per heavy atom. The van der Waals surface area contributed by atoms with E-state index < -0.39 is 55.5 Å². The molecule has 6 nitrogen and oxygen atoms in total. The highest BCUT2D eigenvalue weighted by molar-refractivity contribution is 5.83. The first-order chi connectivity index (χ1) is 13.9. The van der Waals surface area contributed by atoms with E-state index >= 15 is 0 Å². The van der Waals surface area contributed by atoms with Gasteiger partial charge in [0.15, 0.2) is 6.17 Å². The van der Waals surface area contributed by atoms with Gasteiger partial charge < -0.3 is 14.2 Å². The van der Waals surface area contributed by atoms with E-state index in [-0.39, 0.29) is 29.8 Å². The number of carbonyl (C=O) groups excluding carboxylic acids is 3. The van der Waals surface area contributed by atoms with Crippen LogP contribution < -0.4 is 0 Å². The SMILES string of the molecule is O=C(OCCC(F)C(F)F)C1CCCCC1C(=O)OC1C2CC3C(=O)OC1C3C2. The molecule has 4 rings (SSSR count). The number of carbonyl (C=O) groups is 3. The van der Waals surface area contributed by atoms with Crippen molar-refractivity contribution in [3.05, 3.63) is 0 Å². The molecule has 0 aromatic carbocycles. The minimum absolute atomic E-state index is 0.0788. The number of fused-ring (bicyclic) bond motifs is 1. The summed E-state index contributed by atoms with van der Waals surface area (Å²) in [5.41, 5.74) is 0. The number of rotatable bonds is 7. The summed E-state index contributed by atoms with van der Waals surface area (Å²) in [5, 5.41) is 0. The molecule has 0 N–H and O–H groups in total. The highest BCUT2D eigenvalue weighted by Crippen LogP contribution is 2.55. The summed E-state index contributed by atoms with van der Waals surface area (Å²) in [4.78, 5) is 37.1. The van der Waals surface area contributed by atoms with Crippen LogP contribution in [0.25, 0.3) is 0 Å². The van der Waals surface area contributed by atoms with Crippen LogP contribution in [0.4, 0.5) is 13.2 Å². The third-order valence-electron chi connectivity index (χ3n) is 6.95. The van der Waals surface area contributed by atoms with Crippen LogP contribution >= 0.6 is 0 Å². The van der Waals surface area contributed by atoms with Crippen molar-refractivity contribution < 1.29 is 41.8 Å². The van der Waals surface area contributed by atoms with E-state index in [1.54, 1.807) is 0 Å². The lowest BCUT2D eigenvalue weighted by Crippen LogP contribution is -2.41. The van der Waals surface area contributed by atoms with E-state index in [9.17, 15) is 27.6 Å². The molecule has 4 aliphatic rings. The van der Waals surface area contributed by atoms with E-state index in [4.69, 9.17) is 14.2 Å². The minimum Gasteiger partial charge on any atom is -0.465 e. The van der Waals surface area contributed by atoms with Gasteiger partial charge in [0.05, 0.1) is 24.4 Å². The van der Waals surface area contributed by atoms with Crippen molar-refractivity contribution in [3.8, 4) is 0 Å². The van der Waals surface area contributed by atoms with Gasteiger partial charge in [-0.1, -0.05) is 12.8 Å². The highest BCUT2D eigenvalue weighted by Gasteiger charge is 2.63. The summed E-state index contributed by atoms with van der Waals surface area (Å²) in [7, 11) is 0. The first kappa shape index (κ1) is 20.5. The molecule has 0 spiro atoms. The summed E-state index contributed by atoms with van der Waals surface area (Å²) in [6.45, 7) is -0.450. The minimum atomic E-state index is -3.11. The predicted molar refractivity (Wildman–Crippen MR) is 91.4 cm³/mol. The number of alkyl halides is 3. The van der Waals surface area contributed by atoms with Crippen LogP contribution in [0, 0.1) is 29.6 Å². The van der Waals surface area contributed by atoms with E-state index in [1.165, 1.54) is 0 Å². The third-order valence-corrected chi connectivity index (χ3v) is 6.95. The topological polar surface area (TPSA) is 78.9 Å². The molecule has 0 radical (unpaired) electrons. The van der Waals surface area contributed by atoms with Crippen molar-refractivity contribution in [3.63, 3.8) is 0 Å². The molecule has 0 aromatic rings. The van der Waals surface area contributed by atoms with Crippen molar-refractivity contribution in [1.29, 1.82) is 0 Å². The van der Waals surface area contributed by atoms with Crippen LogP contribution in [0.2, 0.25) is 0 Å². The van der Waals surface area contributed by atoms with Crippen molar-refractivity contribution in [2.75, 3.05) is 6.61 Å². The zero-order valence-corrected chi connectivity index (χ0v) is 15.9. The van der Waals surface area contributed by atoms with Gasteiger partial charge in [0.1, 0.15) is 12.2 Å². The molecular formula is C20H25F3O6. The Bertz CT molecular complexity index is 671. The molecule has 8 unspecified atom stereocenters. The molecule has 1 saturated heterocycles. The lowest BCUT2D eigenvalue weighted by atomic mass is 9.79. The lowest BCUT2D eigenvalue weighted by molar-refractivity contribution is -0.173. The first-order valence-corrected chi connectivity index (χ1v) is 10.4. The van der Waals surface area contributed by atoms with Gasteiger partial charge in [-0.15, -0.1) is 0 Å². The molecule has 29 heavy (non-hydrogen) atoms. The fraction of sp³-hybridized carbons (Fsp3) is 0.850. The molecule has 1 aliphatic heterocycles. The number of hydrogen-bond acceptors (Lipinski definition) is 6. The Hall–Kier alpha value is -1.80.